The zero-order chi connectivity index (χ0) is 53.6. The molecule has 3 heterocycles. The van der Waals surface area contributed by atoms with Crippen LogP contribution in [-0.2, 0) is 32.5 Å². The second-order valence-electron chi connectivity index (χ2n) is 27.8. The van der Waals surface area contributed by atoms with Crippen molar-refractivity contribution in [2.24, 2.45) is 0 Å². The highest BCUT2D eigenvalue weighted by Gasteiger charge is 2.49. The first-order valence-corrected chi connectivity index (χ1v) is 28.2. The fourth-order valence-corrected chi connectivity index (χ4v) is 14.3. The van der Waals surface area contributed by atoms with Crippen LogP contribution in [0.4, 0.5) is 34.1 Å². The topological polar surface area (TPSA) is 19.6 Å². The lowest BCUT2D eigenvalue weighted by molar-refractivity contribution is 0.332. The van der Waals surface area contributed by atoms with E-state index in [2.05, 4.69) is 260 Å². The van der Waals surface area contributed by atoms with Gasteiger partial charge < -0.3 is 14.2 Å². The third-order valence-electron chi connectivity index (χ3n) is 19.0. The molecule has 2 aliphatic heterocycles. The van der Waals surface area contributed by atoms with Gasteiger partial charge in [0.25, 0.3) is 6.71 Å². The van der Waals surface area contributed by atoms with Crippen LogP contribution in [0.2, 0.25) is 0 Å². The smallest absolute Gasteiger partial charge is 0.252 e. The van der Waals surface area contributed by atoms with Gasteiger partial charge in [-0.05, 0) is 187 Å². The van der Waals surface area contributed by atoms with Gasteiger partial charge in [-0.2, -0.15) is 0 Å². The molecule has 8 aromatic carbocycles. The lowest BCUT2D eigenvalue weighted by Crippen LogP contribution is -2.62. The molecule has 4 heteroatoms. The molecular weight excluding hydrogens is 920 g/mol. The minimum Gasteiger partial charge on any atom is -0.456 e. The van der Waals surface area contributed by atoms with Gasteiger partial charge in [0, 0.05) is 55.6 Å². The van der Waals surface area contributed by atoms with Crippen LogP contribution in [0, 0.1) is 13.8 Å². The summed E-state index contributed by atoms with van der Waals surface area (Å²) in [4.78, 5) is 5.36. The van der Waals surface area contributed by atoms with Crippen molar-refractivity contribution in [1.29, 1.82) is 0 Å². The van der Waals surface area contributed by atoms with Crippen molar-refractivity contribution in [3.63, 3.8) is 0 Å². The molecule has 0 radical (unpaired) electrons. The van der Waals surface area contributed by atoms with Crippen molar-refractivity contribution in [3.05, 3.63) is 195 Å². The molecule has 13 rings (SSSR count). The van der Waals surface area contributed by atoms with Crippen LogP contribution >= 0.6 is 0 Å². The van der Waals surface area contributed by atoms with Gasteiger partial charge in [0.05, 0.1) is 5.69 Å². The van der Waals surface area contributed by atoms with E-state index in [1.807, 2.05) is 0 Å². The van der Waals surface area contributed by atoms with E-state index in [1.54, 1.807) is 0 Å². The molecule has 0 amide bonds. The van der Waals surface area contributed by atoms with E-state index in [0.717, 1.165) is 28.4 Å². The molecule has 1 aromatic heterocycles. The summed E-state index contributed by atoms with van der Waals surface area (Å²) < 4.78 is 7.07. The minimum absolute atomic E-state index is 0.0215. The number of aryl methyl sites for hydroxylation is 2. The standard InChI is InChI=1S/C72H75BN2O/c1-42-32-62-66-63(33-42)75(59-39-53-52(34-43(59)2)69(9,10)30-31-70(53,11)12)61-40-55-54(71(13,14)50-24-20-21-25-51(50)72(55,15)16)38-56(61)73(66)57-41-65-49(48-36-46(68(6,7)8)27-29-64(48)76-65)37-60(57)74(62)58-28-26-45(67(3,4)5)35-47(58)44-22-18-17-19-23-44/h17-29,32-41H,30-31H2,1-16H3. The van der Waals surface area contributed by atoms with E-state index in [-0.39, 0.29) is 39.2 Å². The number of rotatable bonds is 3. The zero-order valence-electron chi connectivity index (χ0n) is 48.1. The van der Waals surface area contributed by atoms with Crippen LogP contribution in [-0.4, -0.2) is 6.71 Å². The van der Waals surface area contributed by atoms with E-state index in [1.165, 1.54) is 124 Å². The first kappa shape index (κ1) is 48.8. The van der Waals surface area contributed by atoms with Crippen LogP contribution in [0.3, 0.4) is 0 Å². The Morgan fingerprint density at radius 3 is 1.58 bits per heavy atom. The Balaban J connectivity index is 1.19. The van der Waals surface area contributed by atoms with Crippen LogP contribution < -0.4 is 26.2 Å². The molecule has 0 bridgehead atoms. The van der Waals surface area contributed by atoms with Gasteiger partial charge in [-0.15, -0.1) is 0 Å². The van der Waals surface area contributed by atoms with Crippen LogP contribution in [0.25, 0.3) is 33.1 Å². The molecule has 9 aromatic rings. The van der Waals surface area contributed by atoms with Crippen LogP contribution in [0.5, 0.6) is 0 Å². The molecule has 0 N–H and O–H groups in total. The minimum atomic E-state index is -0.245. The maximum Gasteiger partial charge on any atom is 0.252 e. The van der Waals surface area contributed by atoms with Gasteiger partial charge >= 0.3 is 0 Å². The maximum atomic E-state index is 7.07. The van der Waals surface area contributed by atoms with Crippen molar-refractivity contribution in [3.8, 4) is 11.1 Å². The summed E-state index contributed by atoms with van der Waals surface area (Å²) in [7, 11) is 0. The van der Waals surface area contributed by atoms with Gasteiger partial charge in [0.15, 0.2) is 0 Å². The Labute approximate surface area is 453 Å². The number of furan rings is 1. The number of hydrogen-bond donors (Lipinski definition) is 0. The number of nitrogens with zero attached hydrogens (tertiary/aromatic N) is 2. The Bertz CT molecular complexity index is 3940. The summed E-state index contributed by atoms with van der Waals surface area (Å²) in [5.41, 5.74) is 28.9. The quantitative estimate of drug-likeness (QED) is 0.165. The van der Waals surface area contributed by atoms with E-state index in [0.29, 0.717) is 0 Å². The third kappa shape index (κ3) is 7.00. The largest absolute Gasteiger partial charge is 0.456 e. The predicted molar refractivity (Wildman–Crippen MR) is 326 cm³/mol. The average Bonchev–Trinajstić information content (AvgIpc) is 3.81. The van der Waals surface area contributed by atoms with Crippen LogP contribution in [0.1, 0.15) is 165 Å². The summed E-state index contributed by atoms with van der Waals surface area (Å²) >= 11 is 0. The van der Waals surface area contributed by atoms with Gasteiger partial charge in [-0.1, -0.05) is 176 Å². The molecule has 3 nitrogen and oxygen atoms in total. The van der Waals surface area contributed by atoms with Crippen molar-refractivity contribution >= 4 is 79.2 Å². The molecule has 0 atom stereocenters. The van der Waals surface area contributed by atoms with Gasteiger partial charge in [0.2, 0.25) is 0 Å². The fourth-order valence-electron chi connectivity index (χ4n) is 14.3. The molecule has 4 aliphatic rings. The monoisotopic (exact) mass is 995 g/mol. The Kier molecular flexibility index (Phi) is 10.2. The highest BCUT2D eigenvalue weighted by Crippen LogP contribution is 2.55. The number of benzene rings is 8. The maximum absolute atomic E-state index is 7.07. The summed E-state index contributed by atoms with van der Waals surface area (Å²) in [5, 5.41) is 2.31. The molecule has 76 heavy (non-hydrogen) atoms. The first-order valence-electron chi connectivity index (χ1n) is 28.2. The van der Waals surface area contributed by atoms with E-state index in [4.69, 9.17) is 4.42 Å². The Morgan fingerprint density at radius 2 is 0.947 bits per heavy atom. The van der Waals surface area contributed by atoms with Crippen molar-refractivity contribution in [1.82, 2.24) is 0 Å². The second kappa shape index (κ2) is 15.9. The predicted octanol–water partition coefficient (Wildman–Crippen LogP) is 17.9. The molecule has 0 saturated carbocycles. The normalized spacial score (nSPS) is 17.4. The molecule has 0 saturated heterocycles. The lowest BCUT2D eigenvalue weighted by Gasteiger charge is -2.49. The molecule has 2 aliphatic carbocycles. The molecule has 382 valence electrons. The highest BCUT2D eigenvalue weighted by molar-refractivity contribution is 7.00. The third-order valence-corrected chi connectivity index (χ3v) is 19.0. The number of hydrogen-bond acceptors (Lipinski definition) is 3. The van der Waals surface area contributed by atoms with Gasteiger partial charge in [-0.25, -0.2) is 0 Å². The van der Waals surface area contributed by atoms with Crippen molar-refractivity contribution in [2.45, 2.75) is 156 Å². The highest BCUT2D eigenvalue weighted by atomic mass is 16.3. The van der Waals surface area contributed by atoms with E-state index < -0.39 is 0 Å². The SMILES string of the molecule is Cc1cc2c3c(c1)N(c1ccc(C(C)(C)C)cc1-c1ccccc1)c1cc4c(cc1B3c1cc3c(cc1N2c1cc2c(cc1C)C(C)(C)CCC2(C)C)C(C)(C)c1ccccc1C3(C)C)oc1ccc(C(C)(C)C)cc14. The molecule has 0 fully saturated rings. The van der Waals surface area contributed by atoms with E-state index >= 15 is 0 Å². The summed E-state index contributed by atoms with van der Waals surface area (Å²) in [6.45, 7) is 38.2. The average molecular weight is 995 g/mol. The Hall–Kier alpha value is -6.78. The molecule has 0 unspecified atom stereocenters. The summed E-state index contributed by atoms with van der Waals surface area (Å²) in [6.07, 6.45) is 2.33. The Morgan fingerprint density at radius 1 is 0.434 bits per heavy atom. The zero-order valence-corrected chi connectivity index (χ0v) is 48.1. The number of anilines is 6. The van der Waals surface area contributed by atoms with E-state index in [9.17, 15) is 0 Å². The molecular formula is C72H75BN2O. The van der Waals surface area contributed by atoms with Crippen LogP contribution in [0.15, 0.2) is 144 Å². The van der Waals surface area contributed by atoms with Crippen molar-refractivity contribution < 1.29 is 4.42 Å². The van der Waals surface area contributed by atoms with Crippen molar-refractivity contribution in [2.75, 3.05) is 9.80 Å². The van der Waals surface area contributed by atoms with Gasteiger partial charge in [-0.3, -0.25) is 0 Å². The first-order chi connectivity index (χ1) is 35.8. The lowest BCUT2D eigenvalue weighted by atomic mass is 9.33. The summed E-state index contributed by atoms with van der Waals surface area (Å²) in [6, 6.07) is 54.8. The van der Waals surface area contributed by atoms with Gasteiger partial charge in [0.1, 0.15) is 11.2 Å². The molecule has 0 spiro atoms. The fraction of sp³-hybridized carbons (Fsp3) is 0.333. The second-order valence-corrected chi connectivity index (χ2v) is 27.8. The summed E-state index contributed by atoms with van der Waals surface area (Å²) in [5.74, 6) is 0. The number of fused-ring (bicyclic) bond motifs is 10.